The van der Waals surface area contributed by atoms with E-state index in [2.05, 4.69) is 26.0 Å². The van der Waals surface area contributed by atoms with E-state index in [4.69, 9.17) is 4.98 Å². The van der Waals surface area contributed by atoms with Crippen LogP contribution in [0.1, 0.15) is 29.5 Å². The number of aromatic nitrogens is 1. The van der Waals surface area contributed by atoms with Crippen LogP contribution in [0, 0.1) is 19.8 Å². The lowest BCUT2D eigenvalue weighted by Crippen LogP contribution is -2.46. The fourth-order valence-corrected chi connectivity index (χ4v) is 5.92. The standard InChI is InChI=1S/C23H27N3O3S2/c1-16-12-20-21(13-17(16)2)30-23(24-20)26(14-18-8-5-4-6-9-18)22(27)19-10-7-11-25(15-19)31(3,28)29/h4-6,8-9,12-13,19H,7,10-11,14-15H2,1-3H3. The van der Waals surface area contributed by atoms with Crippen molar-refractivity contribution in [2.45, 2.75) is 33.2 Å². The maximum Gasteiger partial charge on any atom is 0.233 e. The highest BCUT2D eigenvalue weighted by Crippen LogP contribution is 2.33. The maximum atomic E-state index is 13.7. The van der Waals surface area contributed by atoms with Crippen molar-refractivity contribution in [2.24, 2.45) is 5.92 Å². The van der Waals surface area contributed by atoms with Gasteiger partial charge < -0.3 is 0 Å². The minimum atomic E-state index is -3.32. The Balaban J connectivity index is 1.70. The summed E-state index contributed by atoms with van der Waals surface area (Å²) in [5.74, 6) is -0.438. The van der Waals surface area contributed by atoms with Crippen molar-refractivity contribution in [3.05, 3.63) is 59.2 Å². The van der Waals surface area contributed by atoms with Gasteiger partial charge in [0.25, 0.3) is 0 Å². The van der Waals surface area contributed by atoms with E-state index >= 15 is 0 Å². The highest BCUT2D eigenvalue weighted by Gasteiger charge is 2.34. The van der Waals surface area contributed by atoms with Crippen molar-refractivity contribution >= 4 is 42.6 Å². The first-order chi connectivity index (χ1) is 14.7. The number of amides is 1. The third-order valence-corrected chi connectivity index (χ3v) is 8.19. The van der Waals surface area contributed by atoms with E-state index in [1.165, 1.54) is 33.0 Å². The molecule has 0 saturated carbocycles. The fraction of sp³-hybridized carbons (Fsp3) is 0.391. The second kappa shape index (κ2) is 8.68. The topological polar surface area (TPSA) is 70.6 Å². The number of carbonyl (C=O) groups is 1. The summed E-state index contributed by atoms with van der Waals surface area (Å²) < 4.78 is 26.6. The van der Waals surface area contributed by atoms with Crippen LogP contribution >= 0.6 is 11.3 Å². The Hall–Kier alpha value is -2.29. The molecule has 1 atom stereocenters. The number of hydrogen-bond donors (Lipinski definition) is 0. The number of nitrogens with zero attached hydrogens (tertiary/aromatic N) is 3. The monoisotopic (exact) mass is 457 g/mol. The Morgan fingerprint density at radius 2 is 1.90 bits per heavy atom. The maximum absolute atomic E-state index is 13.7. The zero-order chi connectivity index (χ0) is 22.2. The van der Waals surface area contributed by atoms with Gasteiger partial charge in [-0.3, -0.25) is 9.69 Å². The van der Waals surface area contributed by atoms with Gasteiger partial charge in [0.2, 0.25) is 15.9 Å². The summed E-state index contributed by atoms with van der Waals surface area (Å²) in [6, 6.07) is 14.0. The first kappa shape index (κ1) is 21.9. The summed E-state index contributed by atoms with van der Waals surface area (Å²) in [4.78, 5) is 20.2. The van der Waals surface area contributed by atoms with Gasteiger partial charge in [0.15, 0.2) is 5.13 Å². The number of anilines is 1. The van der Waals surface area contributed by atoms with E-state index in [1.54, 1.807) is 4.90 Å². The molecule has 164 valence electrons. The lowest BCUT2D eigenvalue weighted by atomic mass is 9.98. The molecule has 0 N–H and O–H groups in total. The average molecular weight is 458 g/mol. The Morgan fingerprint density at radius 3 is 2.61 bits per heavy atom. The van der Waals surface area contributed by atoms with Gasteiger partial charge in [-0.2, -0.15) is 0 Å². The molecule has 8 heteroatoms. The predicted molar refractivity (Wildman–Crippen MR) is 126 cm³/mol. The molecule has 4 rings (SSSR count). The van der Waals surface area contributed by atoms with Crippen LogP contribution in [-0.2, 0) is 21.4 Å². The number of benzene rings is 2. The highest BCUT2D eigenvalue weighted by atomic mass is 32.2. The molecule has 1 unspecified atom stereocenters. The zero-order valence-electron chi connectivity index (χ0n) is 18.0. The van der Waals surface area contributed by atoms with Crippen LogP contribution in [0.4, 0.5) is 5.13 Å². The summed E-state index contributed by atoms with van der Waals surface area (Å²) in [7, 11) is -3.32. The van der Waals surface area contributed by atoms with Gasteiger partial charge in [0, 0.05) is 13.1 Å². The van der Waals surface area contributed by atoms with Crippen molar-refractivity contribution in [3.8, 4) is 0 Å². The van der Waals surface area contributed by atoms with E-state index in [0.29, 0.717) is 31.1 Å². The van der Waals surface area contributed by atoms with Gasteiger partial charge in [0.05, 0.1) is 28.9 Å². The molecule has 0 spiro atoms. The molecule has 1 aliphatic heterocycles. The van der Waals surface area contributed by atoms with Crippen LogP contribution in [0.3, 0.4) is 0 Å². The number of aryl methyl sites for hydroxylation is 2. The van der Waals surface area contributed by atoms with Crippen molar-refractivity contribution in [1.82, 2.24) is 9.29 Å². The van der Waals surface area contributed by atoms with Gasteiger partial charge in [-0.05, 0) is 55.5 Å². The average Bonchev–Trinajstić information content (AvgIpc) is 3.14. The van der Waals surface area contributed by atoms with E-state index in [9.17, 15) is 13.2 Å². The van der Waals surface area contributed by atoms with Crippen LogP contribution in [-0.4, -0.2) is 43.0 Å². The van der Waals surface area contributed by atoms with E-state index in [0.717, 1.165) is 15.8 Å². The molecule has 0 bridgehead atoms. The van der Waals surface area contributed by atoms with Crippen molar-refractivity contribution in [3.63, 3.8) is 0 Å². The summed E-state index contributed by atoms with van der Waals surface area (Å²) in [6.45, 7) is 5.24. The van der Waals surface area contributed by atoms with Crippen LogP contribution in [0.2, 0.25) is 0 Å². The normalized spacial score (nSPS) is 17.7. The van der Waals surface area contributed by atoms with Crippen molar-refractivity contribution in [1.29, 1.82) is 0 Å². The van der Waals surface area contributed by atoms with Gasteiger partial charge in [-0.25, -0.2) is 17.7 Å². The SMILES string of the molecule is Cc1cc2nc(N(Cc3ccccc3)C(=O)C3CCCN(S(C)(=O)=O)C3)sc2cc1C. The molecule has 1 amide bonds. The largest absolute Gasteiger partial charge is 0.283 e. The summed E-state index contributed by atoms with van der Waals surface area (Å²) in [6.07, 6.45) is 2.57. The molecular weight excluding hydrogens is 430 g/mol. The number of hydrogen-bond acceptors (Lipinski definition) is 5. The number of thiazole rings is 1. The van der Waals surface area contributed by atoms with Crippen LogP contribution in [0.25, 0.3) is 10.2 Å². The second-order valence-electron chi connectivity index (χ2n) is 8.27. The van der Waals surface area contributed by atoms with E-state index in [1.807, 2.05) is 30.3 Å². The van der Waals surface area contributed by atoms with Gasteiger partial charge in [-0.1, -0.05) is 41.7 Å². The molecule has 1 fully saturated rings. The number of sulfonamides is 1. The molecule has 0 radical (unpaired) electrons. The smallest absolute Gasteiger partial charge is 0.233 e. The molecular formula is C23H27N3O3S2. The lowest BCUT2D eigenvalue weighted by molar-refractivity contribution is -0.123. The van der Waals surface area contributed by atoms with Gasteiger partial charge >= 0.3 is 0 Å². The quantitative estimate of drug-likeness (QED) is 0.578. The third kappa shape index (κ3) is 4.81. The number of rotatable bonds is 5. The Morgan fingerprint density at radius 1 is 1.19 bits per heavy atom. The van der Waals surface area contributed by atoms with Crippen molar-refractivity contribution in [2.75, 3.05) is 24.2 Å². The number of carbonyl (C=O) groups excluding carboxylic acids is 1. The Labute approximate surface area is 187 Å². The van der Waals surface area contributed by atoms with Crippen LogP contribution in [0.5, 0.6) is 0 Å². The molecule has 3 aromatic rings. The molecule has 31 heavy (non-hydrogen) atoms. The molecule has 0 aliphatic carbocycles. The number of fused-ring (bicyclic) bond motifs is 1. The molecule has 2 heterocycles. The Kier molecular flexibility index (Phi) is 6.14. The molecule has 1 saturated heterocycles. The minimum absolute atomic E-state index is 0.0651. The van der Waals surface area contributed by atoms with Crippen LogP contribution in [0.15, 0.2) is 42.5 Å². The summed E-state index contributed by atoms with van der Waals surface area (Å²) >= 11 is 1.51. The third-order valence-electron chi connectivity index (χ3n) is 5.88. The molecule has 1 aromatic heterocycles. The summed E-state index contributed by atoms with van der Waals surface area (Å²) in [5.41, 5.74) is 4.26. The first-order valence-electron chi connectivity index (χ1n) is 10.4. The highest BCUT2D eigenvalue weighted by molar-refractivity contribution is 7.88. The fourth-order valence-electron chi connectivity index (χ4n) is 3.95. The van der Waals surface area contributed by atoms with Crippen molar-refractivity contribution < 1.29 is 13.2 Å². The van der Waals surface area contributed by atoms with E-state index < -0.39 is 10.0 Å². The molecule has 2 aromatic carbocycles. The molecule has 6 nitrogen and oxygen atoms in total. The predicted octanol–water partition coefficient (Wildman–Crippen LogP) is 4.12. The summed E-state index contributed by atoms with van der Waals surface area (Å²) in [5, 5.41) is 0.658. The minimum Gasteiger partial charge on any atom is -0.283 e. The Bertz CT molecular complexity index is 1170. The zero-order valence-corrected chi connectivity index (χ0v) is 19.7. The molecule has 1 aliphatic rings. The lowest BCUT2D eigenvalue weighted by Gasteiger charge is -2.33. The van der Waals surface area contributed by atoms with Crippen LogP contribution < -0.4 is 4.90 Å². The first-order valence-corrected chi connectivity index (χ1v) is 13.1. The van der Waals surface area contributed by atoms with Gasteiger partial charge in [-0.15, -0.1) is 0 Å². The van der Waals surface area contributed by atoms with Gasteiger partial charge in [0.1, 0.15) is 0 Å². The van der Waals surface area contributed by atoms with E-state index in [-0.39, 0.29) is 18.4 Å². The second-order valence-corrected chi connectivity index (χ2v) is 11.3. The number of piperidine rings is 1.